The van der Waals surface area contributed by atoms with Gasteiger partial charge in [-0.05, 0) is 51.5 Å². The Balaban J connectivity index is 2.27. The van der Waals surface area contributed by atoms with Crippen molar-refractivity contribution in [3.8, 4) is 0 Å². The van der Waals surface area contributed by atoms with Gasteiger partial charge in [-0.15, -0.1) is 0 Å². The van der Waals surface area contributed by atoms with Crippen molar-refractivity contribution in [3.63, 3.8) is 0 Å². The maximum absolute atomic E-state index is 12.0. The SMILES string of the molecule is CC(C)CCC(C)NC(=O)CN1CC(CN)CC1C. The van der Waals surface area contributed by atoms with Crippen LogP contribution in [0.5, 0.6) is 0 Å². The van der Waals surface area contributed by atoms with Crippen molar-refractivity contribution >= 4 is 5.91 Å². The first-order chi connectivity index (χ1) is 8.92. The molecule has 0 aromatic carbocycles. The van der Waals surface area contributed by atoms with E-state index in [0.717, 1.165) is 32.4 Å². The number of likely N-dealkylation sites (tertiary alicyclic amines) is 1. The van der Waals surface area contributed by atoms with E-state index in [0.29, 0.717) is 24.4 Å². The lowest BCUT2D eigenvalue weighted by Gasteiger charge is -2.22. The summed E-state index contributed by atoms with van der Waals surface area (Å²) in [7, 11) is 0. The molecule has 1 fully saturated rings. The van der Waals surface area contributed by atoms with Crippen molar-refractivity contribution in [2.75, 3.05) is 19.6 Å². The highest BCUT2D eigenvalue weighted by atomic mass is 16.2. The van der Waals surface area contributed by atoms with Crippen molar-refractivity contribution < 1.29 is 4.79 Å². The van der Waals surface area contributed by atoms with E-state index in [9.17, 15) is 4.79 Å². The Bertz CT molecular complexity index is 281. The fourth-order valence-corrected chi connectivity index (χ4v) is 2.77. The van der Waals surface area contributed by atoms with Crippen LogP contribution in [0.4, 0.5) is 0 Å². The third kappa shape index (κ3) is 5.91. The molecular weight excluding hydrogens is 238 g/mol. The van der Waals surface area contributed by atoms with Crippen LogP contribution in [0.15, 0.2) is 0 Å². The van der Waals surface area contributed by atoms with E-state index in [-0.39, 0.29) is 11.9 Å². The summed E-state index contributed by atoms with van der Waals surface area (Å²) in [6.07, 6.45) is 3.34. The summed E-state index contributed by atoms with van der Waals surface area (Å²) in [4.78, 5) is 14.3. The lowest BCUT2D eigenvalue weighted by Crippen LogP contribution is -2.42. The zero-order chi connectivity index (χ0) is 14.4. The number of rotatable bonds is 7. The Hall–Kier alpha value is -0.610. The molecule has 0 saturated carbocycles. The van der Waals surface area contributed by atoms with Crippen molar-refractivity contribution in [2.45, 2.75) is 59.0 Å². The molecule has 19 heavy (non-hydrogen) atoms. The Morgan fingerprint density at radius 2 is 2.05 bits per heavy atom. The van der Waals surface area contributed by atoms with E-state index in [1.54, 1.807) is 0 Å². The van der Waals surface area contributed by atoms with E-state index in [1.165, 1.54) is 0 Å². The van der Waals surface area contributed by atoms with E-state index >= 15 is 0 Å². The summed E-state index contributed by atoms with van der Waals surface area (Å²) in [5.74, 6) is 1.41. The third-order valence-electron chi connectivity index (χ3n) is 4.05. The van der Waals surface area contributed by atoms with Crippen LogP contribution in [0.25, 0.3) is 0 Å². The van der Waals surface area contributed by atoms with Gasteiger partial charge in [0.25, 0.3) is 0 Å². The summed E-state index contributed by atoms with van der Waals surface area (Å²) in [5.41, 5.74) is 5.71. The number of nitrogens with two attached hydrogens (primary N) is 1. The van der Waals surface area contributed by atoms with Gasteiger partial charge in [0.2, 0.25) is 5.91 Å². The third-order valence-corrected chi connectivity index (χ3v) is 4.05. The van der Waals surface area contributed by atoms with Crippen LogP contribution in [0.3, 0.4) is 0 Å². The average molecular weight is 269 g/mol. The van der Waals surface area contributed by atoms with E-state index < -0.39 is 0 Å². The quantitative estimate of drug-likeness (QED) is 0.738. The number of hydrogen-bond acceptors (Lipinski definition) is 3. The van der Waals surface area contributed by atoms with Crippen molar-refractivity contribution in [1.29, 1.82) is 0 Å². The van der Waals surface area contributed by atoms with Crippen LogP contribution in [-0.4, -0.2) is 42.5 Å². The van der Waals surface area contributed by atoms with Gasteiger partial charge in [0.05, 0.1) is 6.54 Å². The second kappa shape index (κ2) is 7.85. The number of hydrogen-bond donors (Lipinski definition) is 2. The summed E-state index contributed by atoms with van der Waals surface area (Å²) >= 11 is 0. The molecular formula is C15H31N3O. The van der Waals surface area contributed by atoms with Crippen molar-refractivity contribution in [1.82, 2.24) is 10.2 Å². The molecule has 0 aromatic heterocycles. The van der Waals surface area contributed by atoms with Crippen LogP contribution in [0.1, 0.15) is 47.0 Å². The molecule has 1 heterocycles. The van der Waals surface area contributed by atoms with Crippen LogP contribution in [0, 0.1) is 11.8 Å². The molecule has 0 radical (unpaired) electrons. The molecule has 0 aliphatic carbocycles. The minimum Gasteiger partial charge on any atom is -0.353 e. The number of nitrogens with zero attached hydrogens (tertiary/aromatic N) is 1. The molecule has 1 amide bonds. The van der Waals surface area contributed by atoms with E-state index in [1.807, 2.05) is 0 Å². The van der Waals surface area contributed by atoms with Gasteiger partial charge in [-0.25, -0.2) is 0 Å². The maximum Gasteiger partial charge on any atom is 0.234 e. The number of nitrogens with one attached hydrogen (secondary N) is 1. The Morgan fingerprint density at radius 3 is 2.58 bits per heavy atom. The van der Waals surface area contributed by atoms with Crippen molar-refractivity contribution in [2.24, 2.45) is 17.6 Å². The standard InChI is InChI=1S/C15H31N3O/c1-11(2)5-6-12(3)17-15(19)10-18-9-14(8-16)7-13(18)4/h11-14H,5-10,16H2,1-4H3,(H,17,19). The highest BCUT2D eigenvalue weighted by Gasteiger charge is 2.29. The summed E-state index contributed by atoms with van der Waals surface area (Å²) in [5, 5.41) is 3.10. The summed E-state index contributed by atoms with van der Waals surface area (Å²) < 4.78 is 0. The van der Waals surface area contributed by atoms with Crippen LogP contribution >= 0.6 is 0 Å². The van der Waals surface area contributed by atoms with Crippen LogP contribution in [0.2, 0.25) is 0 Å². The second-order valence-corrected chi connectivity index (χ2v) is 6.56. The second-order valence-electron chi connectivity index (χ2n) is 6.56. The Morgan fingerprint density at radius 1 is 1.37 bits per heavy atom. The first-order valence-electron chi connectivity index (χ1n) is 7.65. The fourth-order valence-electron chi connectivity index (χ4n) is 2.77. The molecule has 4 nitrogen and oxygen atoms in total. The zero-order valence-corrected chi connectivity index (χ0v) is 13.0. The van der Waals surface area contributed by atoms with Gasteiger partial charge in [-0.2, -0.15) is 0 Å². The molecule has 3 unspecified atom stereocenters. The molecule has 0 bridgehead atoms. The van der Waals surface area contributed by atoms with E-state index in [4.69, 9.17) is 5.73 Å². The molecule has 3 atom stereocenters. The zero-order valence-electron chi connectivity index (χ0n) is 13.0. The highest BCUT2D eigenvalue weighted by Crippen LogP contribution is 2.21. The normalized spacial score (nSPS) is 25.8. The number of carbonyl (C=O) groups is 1. The molecule has 1 rings (SSSR count). The monoisotopic (exact) mass is 269 g/mol. The molecule has 3 N–H and O–H groups in total. The summed E-state index contributed by atoms with van der Waals surface area (Å²) in [6.45, 7) is 10.9. The first kappa shape index (κ1) is 16.4. The molecule has 0 spiro atoms. The van der Waals surface area contributed by atoms with Gasteiger partial charge in [0.15, 0.2) is 0 Å². The maximum atomic E-state index is 12.0. The topological polar surface area (TPSA) is 58.4 Å². The number of carbonyl (C=O) groups excluding carboxylic acids is 1. The minimum absolute atomic E-state index is 0.153. The van der Waals surface area contributed by atoms with Gasteiger partial charge in [0, 0.05) is 18.6 Å². The molecule has 4 heteroatoms. The predicted octanol–water partition coefficient (Wildman–Crippen LogP) is 1.60. The van der Waals surface area contributed by atoms with Crippen molar-refractivity contribution in [3.05, 3.63) is 0 Å². The highest BCUT2D eigenvalue weighted by molar-refractivity contribution is 5.78. The smallest absolute Gasteiger partial charge is 0.234 e. The van der Waals surface area contributed by atoms with Gasteiger partial charge in [-0.1, -0.05) is 13.8 Å². The molecule has 1 aliphatic rings. The molecule has 112 valence electrons. The first-order valence-corrected chi connectivity index (χ1v) is 7.65. The van der Waals surface area contributed by atoms with Gasteiger partial charge in [-0.3, -0.25) is 9.69 Å². The Labute approximate surface area is 118 Å². The van der Waals surface area contributed by atoms with E-state index in [2.05, 4.69) is 37.9 Å². The van der Waals surface area contributed by atoms with Crippen LogP contribution < -0.4 is 11.1 Å². The molecule has 1 saturated heterocycles. The lowest BCUT2D eigenvalue weighted by atomic mass is 10.0. The van der Waals surface area contributed by atoms with Gasteiger partial charge < -0.3 is 11.1 Å². The Kier molecular flexibility index (Phi) is 6.80. The van der Waals surface area contributed by atoms with Gasteiger partial charge in [0.1, 0.15) is 0 Å². The average Bonchev–Trinajstić information content (AvgIpc) is 2.67. The summed E-state index contributed by atoms with van der Waals surface area (Å²) in [6, 6.07) is 0.753. The lowest BCUT2D eigenvalue weighted by molar-refractivity contribution is -0.123. The largest absolute Gasteiger partial charge is 0.353 e. The van der Waals surface area contributed by atoms with Gasteiger partial charge >= 0.3 is 0 Å². The molecule has 1 aliphatic heterocycles. The molecule has 0 aromatic rings. The number of amides is 1. The van der Waals surface area contributed by atoms with Crippen LogP contribution in [-0.2, 0) is 4.79 Å². The minimum atomic E-state index is 0.153. The predicted molar refractivity (Wildman–Crippen MR) is 79.9 cm³/mol. The fraction of sp³-hybridized carbons (Fsp3) is 0.933.